The van der Waals surface area contributed by atoms with E-state index in [-0.39, 0.29) is 5.91 Å². The highest BCUT2D eigenvalue weighted by molar-refractivity contribution is 8.00. The second kappa shape index (κ2) is 8.30. The second-order valence-corrected chi connectivity index (χ2v) is 7.32. The molecule has 3 aromatic carbocycles. The van der Waals surface area contributed by atoms with Crippen LogP contribution in [-0.2, 0) is 0 Å². The summed E-state index contributed by atoms with van der Waals surface area (Å²) in [6.07, 6.45) is 0. The molecule has 0 aromatic heterocycles. The molecular weight excluding hydrogens is 364 g/mol. The van der Waals surface area contributed by atoms with Crippen molar-refractivity contribution in [3.8, 4) is 0 Å². The molecule has 3 nitrogen and oxygen atoms in total. The average Bonchev–Trinajstić information content (AvgIpc) is 2.64. The van der Waals surface area contributed by atoms with E-state index < -0.39 is 0 Å². The minimum absolute atomic E-state index is 0.140. The van der Waals surface area contributed by atoms with Crippen LogP contribution in [0.15, 0.2) is 71.6 Å². The predicted molar refractivity (Wildman–Crippen MR) is 111 cm³/mol. The molecule has 1 amide bonds. The number of amides is 1. The van der Waals surface area contributed by atoms with Gasteiger partial charge in [0.2, 0.25) is 0 Å². The van der Waals surface area contributed by atoms with Crippen LogP contribution in [0, 0.1) is 13.8 Å². The largest absolute Gasteiger partial charge is 0.326 e. The van der Waals surface area contributed by atoms with Crippen LogP contribution in [0.1, 0.15) is 21.5 Å². The Morgan fingerprint density at radius 2 is 1.62 bits per heavy atom. The molecule has 2 N–H and O–H groups in total. The Balaban J connectivity index is 1.61. The van der Waals surface area contributed by atoms with E-state index in [9.17, 15) is 4.79 Å². The summed E-state index contributed by atoms with van der Waals surface area (Å²) in [5.74, 6) is -0.140. The molecule has 3 aromatic rings. The number of nitrogens with one attached hydrogen (secondary N) is 2. The number of aryl methyl sites for hydroxylation is 2. The molecule has 0 saturated carbocycles. The van der Waals surface area contributed by atoms with Crippen molar-refractivity contribution in [2.24, 2.45) is 0 Å². The summed E-state index contributed by atoms with van der Waals surface area (Å²) in [7, 11) is 0. The van der Waals surface area contributed by atoms with Crippen molar-refractivity contribution in [1.82, 2.24) is 0 Å². The fourth-order valence-electron chi connectivity index (χ4n) is 2.38. The fourth-order valence-corrected chi connectivity index (χ4v) is 3.25. The summed E-state index contributed by atoms with van der Waals surface area (Å²) >= 11 is 7.46. The van der Waals surface area contributed by atoms with Gasteiger partial charge in [-0.25, -0.2) is 0 Å². The van der Waals surface area contributed by atoms with Gasteiger partial charge in [0.25, 0.3) is 5.91 Å². The van der Waals surface area contributed by atoms with Gasteiger partial charge in [0.1, 0.15) is 0 Å². The number of rotatable bonds is 5. The Hall–Kier alpha value is -2.43. The van der Waals surface area contributed by atoms with Crippen LogP contribution in [0.4, 0.5) is 11.4 Å². The zero-order valence-electron chi connectivity index (χ0n) is 14.5. The van der Waals surface area contributed by atoms with Gasteiger partial charge in [-0.2, -0.15) is 0 Å². The fraction of sp³-hybridized carbons (Fsp3) is 0.0952. The highest BCUT2D eigenvalue weighted by atomic mass is 35.5. The molecule has 132 valence electrons. The summed E-state index contributed by atoms with van der Waals surface area (Å²) in [4.78, 5) is 13.4. The van der Waals surface area contributed by atoms with Crippen LogP contribution in [0.5, 0.6) is 0 Å². The van der Waals surface area contributed by atoms with Gasteiger partial charge in [-0.05, 0) is 86.0 Å². The van der Waals surface area contributed by atoms with Gasteiger partial charge >= 0.3 is 0 Å². The van der Waals surface area contributed by atoms with E-state index in [1.54, 1.807) is 6.07 Å². The van der Waals surface area contributed by atoms with Crippen molar-refractivity contribution < 1.29 is 4.79 Å². The molecule has 0 bridgehead atoms. The van der Waals surface area contributed by atoms with Crippen LogP contribution in [-0.4, -0.2) is 5.91 Å². The van der Waals surface area contributed by atoms with Crippen LogP contribution in [0.25, 0.3) is 0 Å². The molecule has 0 heterocycles. The van der Waals surface area contributed by atoms with Gasteiger partial charge < -0.3 is 10.0 Å². The first-order valence-corrected chi connectivity index (χ1v) is 9.38. The number of hydrogen-bond donors (Lipinski definition) is 2. The molecular formula is C21H19ClN2OS. The molecule has 3 rings (SSSR count). The first kappa shape index (κ1) is 18.4. The maximum atomic E-state index is 12.4. The number of benzene rings is 3. The molecule has 0 aliphatic heterocycles. The molecule has 0 aliphatic rings. The van der Waals surface area contributed by atoms with Gasteiger partial charge in [0.05, 0.1) is 0 Å². The summed E-state index contributed by atoms with van der Waals surface area (Å²) in [6.45, 7) is 3.98. The van der Waals surface area contributed by atoms with Crippen molar-refractivity contribution in [3.05, 3.63) is 88.4 Å². The SMILES string of the molecule is Cc1ccc(NSc2ccc(C(=O)Nc3ccc(Cl)cc3C)cc2)cc1. The van der Waals surface area contributed by atoms with Gasteiger partial charge in [-0.15, -0.1) is 0 Å². The third-order valence-corrected chi connectivity index (χ3v) is 4.97. The summed E-state index contributed by atoms with van der Waals surface area (Å²) < 4.78 is 3.29. The quantitative estimate of drug-likeness (QED) is 0.506. The van der Waals surface area contributed by atoms with E-state index in [0.717, 1.165) is 21.8 Å². The molecule has 0 atom stereocenters. The Kier molecular flexibility index (Phi) is 5.86. The molecule has 0 spiro atoms. The maximum absolute atomic E-state index is 12.4. The van der Waals surface area contributed by atoms with Gasteiger partial charge in [-0.1, -0.05) is 29.3 Å². The second-order valence-electron chi connectivity index (χ2n) is 6.01. The number of anilines is 2. The lowest BCUT2D eigenvalue weighted by Gasteiger charge is -2.09. The zero-order valence-corrected chi connectivity index (χ0v) is 16.1. The third kappa shape index (κ3) is 4.81. The molecule has 0 aliphatic carbocycles. The zero-order chi connectivity index (χ0) is 18.5. The van der Waals surface area contributed by atoms with Crippen molar-refractivity contribution in [1.29, 1.82) is 0 Å². The van der Waals surface area contributed by atoms with E-state index in [4.69, 9.17) is 11.6 Å². The molecule has 0 saturated heterocycles. The van der Waals surface area contributed by atoms with Crippen LogP contribution >= 0.6 is 23.5 Å². The first-order valence-electron chi connectivity index (χ1n) is 8.18. The third-order valence-electron chi connectivity index (χ3n) is 3.89. The summed E-state index contributed by atoms with van der Waals surface area (Å²) in [6, 6.07) is 21.1. The lowest BCUT2D eigenvalue weighted by Crippen LogP contribution is -2.12. The first-order chi connectivity index (χ1) is 12.5. The van der Waals surface area contributed by atoms with Crippen molar-refractivity contribution in [2.45, 2.75) is 18.7 Å². The standard InChI is InChI=1S/C21H19ClN2OS/c1-14-3-8-18(9-4-14)24-26-19-10-5-16(6-11-19)21(25)23-20-12-7-17(22)13-15(20)2/h3-13,24H,1-2H3,(H,23,25). The van der Waals surface area contributed by atoms with E-state index in [1.807, 2.05) is 55.5 Å². The highest BCUT2D eigenvalue weighted by Gasteiger charge is 2.08. The van der Waals surface area contributed by atoms with Crippen molar-refractivity contribution >= 4 is 40.8 Å². The van der Waals surface area contributed by atoms with Gasteiger partial charge in [-0.3, -0.25) is 4.79 Å². The van der Waals surface area contributed by atoms with E-state index >= 15 is 0 Å². The molecule has 0 unspecified atom stereocenters. The normalized spacial score (nSPS) is 10.4. The Labute approximate surface area is 162 Å². The maximum Gasteiger partial charge on any atom is 0.255 e. The van der Waals surface area contributed by atoms with Crippen LogP contribution in [0.2, 0.25) is 5.02 Å². The minimum Gasteiger partial charge on any atom is -0.326 e. The van der Waals surface area contributed by atoms with Crippen molar-refractivity contribution in [3.63, 3.8) is 0 Å². The highest BCUT2D eigenvalue weighted by Crippen LogP contribution is 2.23. The molecule has 26 heavy (non-hydrogen) atoms. The number of carbonyl (C=O) groups is 1. The van der Waals surface area contributed by atoms with Crippen molar-refractivity contribution in [2.75, 3.05) is 10.0 Å². The molecule has 5 heteroatoms. The summed E-state index contributed by atoms with van der Waals surface area (Å²) in [5, 5.41) is 3.57. The smallest absolute Gasteiger partial charge is 0.255 e. The monoisotopic (exact) mass is 382 g/mol. The lowest BCUT2D eigenvalue weighted by molar-refractivity contribution is 0.102. The lowest BCUT2D eigenvalue weighted by atomic mass is 10.1. The van der Waals surface area contributed by atoms with E-state index in [1.165, 1.54) is 17.5 Å². The Morgan fingerprint density at radius 3 is 2.27 bits per heavy atom. The summed E-state index contributed by atoms with van der Waals surface area (Å²) in [5.41, 5.74) is 4.57. The van der Waals surface area contributed by atoms with Gasteiger partial charge in [0, 0.05) is 26.9 Å². The van der Waals surface area contributed by atoms with Gasteiger partial charge in [0.15, 0.2) is 0 Å². The Bertz CT molecular complexity index is 908. The molecule has 0 radical (unpaired) electrons. The minimum atomic E-state index is -0.140. The average molecular weight is 383 g/mol. The van der Waals surface area contributed by atoms with E-state index in [2.05, 4.69) is 29.1 Å². The molecule has 0 fully saturated rings. The topological polar surface area (TPSA) is 41.1 Å². The number of carbonyl (C=O) groups excluding carboxylic acids is 1. The van der Waals surface area contributed by atoms with Crippen LogP contribution < -0.4 is 10.0 Å². The number of halogens is 1. The predicted octanol–water partition coefficient (Wildman–Crippen LogP) is 6.33. The Morgan fingerprint density at radius 1 is 0.923 bits per heavy atom. The van der Waals surface area contributed by atoms with E-state index in [0.29, 0.717) is 10.6 Å². The van der Waals surface area contributed by atoms with Crippen LogP contribution in [0.3, 0.4) is 0 Å². The number of hydrogen-bond acceptors (Lipinski definition) is 3.